The summed E-state index contributed by atoms with van der Waals surface area (Å²) in [7, 11) is 0. The predicted molar refractivity (Wildman–Crippen MR) is 110 cm³/mol. The van der Waals surface area contributed by atoms with E-state index in [0.29, 0.717) is 19.3 Å². The van der Waals surface area contributed by atoms with Crippen molar-refractivity contribution in [1.29, 1.82) is 0 Å². The molecule has 2 N–H and O–H groups in total. The average Bonchev–Trinajstić information content (AvgIpc) is 2.73. The normalized spacial score (nSPS) is 18.9. The van der Waals surface area contributed by atoms with Crippen LogP contribution >= 0.6 is 0 Å². The van der Waals surface area contributed by atoms with Crippen molar-refractivity contribution in [3.63, 3.8) is 0 Å². The van der Waals surface area contributed by atoms with Crippen molar-refractivity contribution < 1.29 is 14.3 Å². The first-order valence-electron chi connectivity index (χ1n) is 9.80. The maximum Gasteiger partial charge on any atom is 0.227 e. The van der Waals surface area contributed by atoms with E-state index in [1.54, 1.807) is 0 Å². The van der Waals surface area contributed by atoms with Gasteiger partial charge in [-0.2, -0.15) is 0 Å². The highest BCUT2D eigenvalue weighted by Gasteiger charge is 2.26. The number of ether oxygens (including phenoxy) is 1. The number of fused-ring (bicyclic) bond motifs is 1. The van der Waals surface area contributed by atoms with Crippen molar-refractivity contribution in [3.8, 4) is 0 Å². The van der Waals surface area contributed by atoms with Gasteiger partial charge in [-0.3, -0.25) is 9.59 Å². The molecule has 2 aliphatic heterocycles. The first kappa shape index (κ1) is 18.5. The van der Waals surface area contributed by atoms with Gasteiger partial charge in [-0.15, -0.1) is 0 Å². The van der Waals surface area contributed by atoms with Crippen molar-refractivity contribution in [2.45, 2.75) is 19.3 Å². The van der Waals surface area contributed by atoms with Crippen LogP contribution in [0.15, 0.2) is 48.5 Å². The third-order valence-electron chi connectivity index (χ3n) is 5.36. The minimum atomic E-state index is -0.163. The Kier molecular flexibility index (Phi) is 5.58. The lowest BCUT2D eigenvalue weighted by molar-refractivity contribution is -0.121. The maximum atomic E-state index is 12.3. The number of rotatable bonds is 5. The fourth-order valence-corrected chi connectivity index (χ4v) is 3.75. The van der Waals surface area contributed by atoms with Gasteiger partial charge in [0, 0.05) is 42.5 Å². The number of amides is 2. The molecule has 0 bridgehead atoms. The number of carbonyl (C=O) groups is 2. The minimum absolute atomic E-state index is 0.00126. The van der Waals surface area contributed by atoms with Crippen LogP contribution in [0.2, 0.25) is 0 Å². The molecule has 0 saturated carbocycles. The van der Waals surface area contributed by atoms with Gasteiger partial charge in [0.2, 0.25) is 11.8 Å². The first-order valence-corrected chi connectivity index (χ1v) is 9.80. The molecule has 4 rings (SSSR count). The van der Waals surface area contributed by atoms with Gasteiger partial charge in [0.05, 0.1) is 13.2 Å². The molecule has 2 aromatic rings. The van der Waals surface area contributed by atoms with E-state index in [0.717, 1.165) is 48.9 Å². The molecule has 0 unspecified atom stereocenters. The van der Waals surface area contributed by atoms with Gasteiger partial charge < -0.3 is 20.3 Å². The molecule has 1 atom stereocenters. The summed E-state index contributed by atoms with van der Waals surface area (Å²) in [6, 6.07) is 15.7. The fourth-order valence-electron chi connectivity index (χ4n) is 3.75. The molecule has 0 aromatic heterocycles. The van der Waals surface area contributed by atoms with Crippen molar-refractivity contribution in [2.75, 3.05) is 41.8 Å². The molecular weight excluding hydrogens is 354 g/mol. The molecule has 2 amide bonds. The van der Waals surface area contributed by atoms with Gasteiger partial charge in [0.1, 0.15) is 0 Å². The number of benzene rings is 2. The van der Waals surface area contributed by atoms with Crippen LogP contribution in [0.3, 0.4) is 0 Å². The van der Waals surface area contributed by atoms with Crippen LogP contribution in [0.25, 0.3) is 0 Å². The zero-order valence-corrected chi connectivity index (χ0v) is 15.8. The molecule has 2 aromatic carbocycles. The Morgan fingerprint density at radius 3 is 2.64 bits per heavy atom. The lowest BCUT2D eigenvalue weighted by Crippen LogP contribution is -2.36. The van der Waals surface area contributed by atoms with Crippen molar-refractivity contribution in [2.24, 2.45) is 5.92 Å². The summed E-state index contributed by atoms with van der Waals surface area (Å²) in [6.07, 6.45) is 1.55. The Labute approximate surface area is 164 Å². The minimum Gasteiger partial charge on any atom is -0.378 e. The summed E-state index contributed by atoms with van der Waals surface area (Å²) in [5, 5.41) is 5.87. The summed E-state index contributed by atoms with van der Waals surface area (Å²) >= 11 is 0. The molecule has 1 fully saturated rings. The van der Waals surface area contributed by atoms with E-state index in [9.17, 15) is 9.59 Å². The average molecular weight is 379 g/mol. The monoisotopic (exact) mass is 379 g/mol. The molecule has 0 radical (unpaired) electrons. The number of nitrogens with zero attached hydrogens (tertiary/aromatic N) is 1. The Bertz CT molecular complexity index is 844. The van der Waals surface area contributed by atoms with Crippen molar-refractivity contribution in [1.82, 2.24) is 0 Å². The summed E-state index contributed by atoms with van der Waals surface area (Å²) in [4.78, 5) is 26.9. The van der Waals surface area contributed by atoms with E-state index in [1.807, 2.05) is 48.5 Å². The lowest BCUT2D eigenvalue weighted by atomic mass is 9.89. The van der Waals surface area contributed by atoms with E-state index >= 15 is 0 Å². The van der Waals surface area contributed by atoms with Crippen molar-refractivity contribution in [3.05, 3.63) is 54.1 Å². The zero-order chi connectivity index (χ0) is 19.3. The van der Waals surface area contributed by atoms with Crippen LogP contribution in [0.5, 0.6) is 0 Å². The molecule has 146 valence electrons. The van der Waals surface area contributed by atoms with Gasteiger partial charge in [-0.1, -0.05) is 18.2 Å². The predicted octanol–water partition coefficient (Wildman–Crippen LogP) is 3.05. The Morgan fingerprint density at radius 2 is 1.86 bits per heavy atom. The molecule has 0 spiro atoms. The third kappa shape index (κ3) is 4.34. The smallest absolute Gasteiger partial charge is 0.227 e. The molecule has 6 heteroatoms. The second-order valence-electron chi connectivity index (χ2n) is 7.28. The van der Waals surface area contributed by atoms with E-state index in [2.05, 4.69) is 15.5 Å². The van der Waals surface area contributed by atoms with Crippen LogP contribution in [0.1, 0.15) is 18.4 Å². The van der Waals surface area contributed by atoms with Gasteiger partial charge in [-0.25, -0.2) is 0 Å². The van der Waals surface area contributed by atoms with Crippen molar-refractivity contribution >= 4 is 28.9 Å². The number of morpholine rings is 1. The van der Waals surface area contributed by atoms with Crippen LogP contribution in [-0.4, -0.2) is 38.1 Å². The molecule has 28 heavy (non-hydrogen) atoms. The van der Waals surface area contributed by atoms with Gasteiger partial charge in [-0.05, 0) is 48.7 Å². The first-order chi connectivity index (χ1) is 13.7. The van der Waals surface area contributed by atoms with E-state index in [1.165, 1.54) is 0 Å². The Hall–Kier alpha value is -2.86. The van der Waals surface area contributed by atoms with Crippen LogP contribution in [0, 0.1) is 5.92 Å². The summed E-state index contributed by atoms with van der Waals surface area (Å²) in [6.45, 7) is 3.27. The van der Waals surface area contributed by atoms with Gasteiger partial charge in [0.25, 0.3) is 0 Å². The zero-order valence-electron chi connectivity index (χ0n) is 15.8. The topological polar surface area (TPSA) is 70.7 Å². The molecule has 0 aliphatic carbocycles. The van der Waals surface area contributed by atoms with Crippen LogP contribution < -0.4 is 15.5 Å². The number of para-hydroxylation sites is 1. The SMILES string of the molecule is O=C(CC[C@@H]1Cc2ccccc2NC1=O)Nc1ccc(N2CCOCC2)cc1. The molecule has 2 aliphatic rings. The fraction of sp³-hybridized carbons (Fsp3) is 0.364. The van der Waals surface area contributed by atoms with Crippen LogP contribution in [0.4, 0.5) is 17.1 Å². The quantitative estimate of drug-likeness (QED) is 0.838. The molecule has 2 heterocycles. The maximum absolute atomic E-state index is 12.3. The second-order valence-corrected chi connectivity index (χ2v) is 7.28. The number of hydrogen-bond donors (Lipinski definition) is 2. The highest BCUT2D eigenvalue weighted by atomic mass is 16.5. The third-order valence-corrected chi connectivity index (χ3v) is 5.36. The largest absolute Gasteiger partial charge is 0.378 e. The van der Waals surface area contributed by atoms with Gasteiger partial charge in [0.15, 0.2) is 0 Å². The van der Waals surface area contributed by atoms with E-state index < -0.39 is 0 Å². The number of carbonyl (C=O) groups excluding carboxylic acids is 2. The van der Waals surface area contributed by atoms with E-state index in [-0.39, 0.29) is 17.7 Å². The Morgan fingerprint density at radius 1 is 1.11 bits per heavy atom. The number of hydrogen-bond acceptors (Lipinski definition) is 4. The van der Waals surface area contributed by atoms with Gasteiger partial charge >= 0.3 is 0 Å². The lowest BCUT2D eigenvalue weighted by Gasteiger charge is -2.28. The number of anilines is 3. The molecule has 1 saturated heterocycles. The van der Waals surface area contributed by atoms with E-state index in [4.69, 9.17) is 4.74 Å². The second kappa shape index (κ2) is 8.44. The number of nitrogens with one attached hydrogen (secondary N) is 2. The molecular formula is C22H25N3O3. The highest BCUT2D eigenvalue weighted by molar-refractivity contribution is 5.96. The highest BCUT2D eigenvalue weighted by Crippen LogP contribution is 2.27. The standard InChI is InChI=1S/C22H25N3O3/c26-21(10-5-17-15-16-3-1-2-4-20(16)24-22(17)27)23-18-6-8-19(9-7-18)25-11-13-28-14-12-25/h1-4,6-9,17H,5,10-15H2,(H,23,26)(H,24,27)/t17-/m1/s1. The summed E-state index contributed by atoms with van der Waals surface area (Å²) < 4.78 is 5.37. The summed E-state index contributed by atoms with van der Waals surface area (Å²) in [5.74, 6) is -0.225. The summed E-state index contributed by atoms with van der Waals surface area (Å²) in [5.41, 5.74) is 3.93. The van der Waals surface area contributed by atoms with Crippen LogP contribution in [-0.2, 0) is 20.7 Å². The molecule has 6 nitrogen and oxygen atoms in total. The Balaban J connectivity index is 1.28.